The first-order chi connectivity index (χ1) is 16.0. The van der Waals surface area contributed by atoms with Crippen molar-refractivity contribution in [2.24, 2.45) is 0 Å². The van der Waals surface area contributed by atoms with Crippen LogP contribution in [0.15, 0.2) is 50.8 Å². The smallest absolute Gasteiger partial charge is 0.267 e. The van der Waals surface area contributed by atoms with E-state index < -0.39 is 0 Å². The maximum atomic E-state index is 13.5. The van der Waals surface area contributed by atoms with Gasteiger partial charge in [0.25, 0.3) is 11.5 Å². The summed E-state index contributed by atoms with van der Waals surface area (Å²) >= 11 is 6.64. The topological polar surface area (TPSA) is 79.8 Å². The summed E-state index contributed by atoms with van der Waals surface area (Å²) in [6.07, 6.45) is 10.5. The van der Waals surface area contributed by atoms with Crippen molar-refractivity contribution in [3.8, 4) is 0 Å². The number of hydrogen-bond donors (Lipinski definition) is 1. The molecule has 0 spiro atoms. The van der Waals surface area contributed by atoms with Gasteiger partial charge in [-0.25, -0.2) is 4.98 Å². The molecule has 1 aliphatic heterocycles. The van der Waals surface area contributed by atoms with Gasteiger partial charge in [-0.15, -0.1) is 0 Å². The predicted molar refractivity (Wildman–Crippen MR) is 134 cm³/mol. The number of pyridine rings is 1. The van der Waals surface area contributed by atoms with Gasteiger partial charge >= 0.3 is 0 Å². The van der Waals surface area contributed by atoms with Crippen LogP contribution in [0.3, 0.4) is 0 Å². The number of aryl methyl sites for hydroxylation is 1. The van der Waals surface area contributed by atoms with Crippen molar-refractivity contribution >= 4 is 51.7 Å². The monoisotopic (exact) mass is 480 g/mol. The number of furan rings is 1. The van der Waals surface area contributed by atoms with Gasteiger partial charge in [-0.05, 0) is 49.6 Å². The summed E-state index contributed by atoms with van der Waals surface area (Å²) in [7, 11) is 0. The van der Waals surface area contributed by atoms with Crippen molar-refractivity contribution < 1.29 is 9.21 Å². The number of carbonyl (C=O) groups is 1. The Labute approximate surface area is 200 Å². The molecule has 1 saturated heterocycles. The summed E-state index contributed by atoms with van der Waals surface area (Å²) in [4.78, 5) is 33.4. The Hall–Kier alpha value is -2.91. The lowest BCUT2D eigenvalue weighted by molar-refractivity contribution is -0.122. The SMILES string of the molecule is Cc1cccn2c(=O)c(C=C3SC(=S)N(Cc4ccco4)C3=O)c(NC3CCCCC3)nc12. The minimum Gasteiger partial charge on any atom is -0.467 e. The molecule has 1 N–H and O–H groups in total. The van der Waals surface area contributed by atoms with Crippen LogP contribution < -0.4 is 10.9 Å². The number of thioether (sulfide) groups is 1. The van der Waals surface area contributed by atoms with Gasteiger partial charge in [0, 0.05) is 12.2 Å². The molecule has 2 aliphatic rings. The second-order valence-electron chi connectivity index (χ2n) is 8.39. The van der Waals surface area contributed by atoms with Crippen LogP contribution >= 0.6 is 24.0 Å². The van der Waals surface area contributed by atoms with E-state index in [9.17, 15) is 9.59 Å². The lowest BCUT2D eigenvalue weighted by atomic mass is 9.95. The number of anilines is 1. The van der Waals surface area contributed by atoms with Gasteiger partial charge in [0.05, 0.1) is 23.3 Å². The molecular weight excluding hydrogens is 456 g/mol. The van der Waals surface area contributed by atoms with Gasteiger partial charge in [-0.2, -0.15) is 0 Å². The van der Waals surface area contributed by atoms with Gasteiger partial charge in [0.2, 0.25) is 0 Å². The number of thiocarbonyl (C=S) groups is 1. The Bertz CT molecular complexity index is 1310. The number of fused-ring (bicyclic) bond motifs is 1. The van der Waals surface area contributed by atoms with E-state index in [1.165, 1.54) is 27.5 Å². The minimum atomic E-state index is -0.237. The van der Waals surface area contributed by atoms with E-state index in [-0.39, 0.29) is 24.1 Å². The van der Waals surface area contributed by atoms with Crippen LogP contribution in [-0.4, -0.2) is 30.6 Å². The van der Waals surface area contributed by atoms with E-state index in [1.807, 2.05) is 19.1 Å². The van der Waals surface area contributed by atoms with E-state index in [4.69, 9.17) is 21.6 Å². The molecule has 0 unspecified atom stereocenters. The molecule has 5 rings (SSSR count). The first-order valence-corrected chi connectivity index (χ1v) is 12.3. The molecular formula is C24H24N4O3S2. The highest BCUT2D eigenvalue weighted by Crippen LogP contribution is 2.34. The molecule has 3 aromatic rings. The maximum absolute atomic E-state index is 13.5. The Morgan fingerprint density at radius 2 is 2.06 bits per heavy atom. The number of carbonyl (C=O) groups excluding carboxylic acids is 1. The lowest BCUT2D eigenvalue weighted by Crippen LogP contribution is -2.28. The average molecular weight is 481 g/mol. The zero-order valence-corrected chi connectivity index (χ0v) is 19.9. The largest absolute Gasteiger partial charge is 0.467 e. The van der Waals surface area contributed by atoms with Gasteiger partial charge < -0.3 is 9.73 Å². The molecule has 33 heavy (non-hydrogen) atoms. The van der Waals surface area contributed by atoms with Crippen LogP contribution in [0.1, 0.15) is 49.0 Å². The fraction of sp³-hybridized carbons (Fsp3) is 0.333. The van der Waals surface area contributed by atoms with Crippen molar-refractivity contribution in [1.29, 1.82) is 0 Å². The standard InChI is InChI=1S/C24H24N4O3S2/c1-15-7-5-11-27-21(15)26-20(25-16-8-3-2-4-9-16)18(22(27)29)13-19-23(30)28(24(32)33-19)14-17-10-6-12-31-17/h5-7,10-13,16,25H,2-4,8-9,14H2,1H3. The number of nitrogens with one attached hydrogen (secondary N) is 1. The molecule has 0 aromatic carbocycles. The fourth-order valence-electron chi connectivity index (χ4n) is 4.32. The van der Waals surface area contributed by atoms with Crippen LogP contribution in [0.4, 0.5) is 5.82 Å². The first kappa shape index (κ1) is 21.9. The zero-order chi connectivity index (χ0) is 22.9. The molecule has 0 bridgehead atoms. The summed E-state index contributed by atoms with van der Waals surface area (Å²) in [6, 6.07) is 7.60. The summed E-state index contributed by atoms with van der Waals surface area (Å²) in [5.74, 6) is 0.936. The van der Waals surface area contributed by atoms with Crippen molar-refractivity contribution in [1.82, 2.24) is 14.3 Å². The molecule has 7 nitrogen and oxygen atoms in total. The second-order valence-corrected chi connectivity index (χ2v) is 10.1. The normalized spacial score (nSPS) is 18.6. The molecule has 9 heteroatoms. The molecule has 4 heterocycles. The van der Waals surface area contributed by atoms with Crippen molar-refractivity contribution in [2.75, 3.05) is 5.32 Å². The highest BCUT2D eigenvalue weighted by molar-refractivity contribution is 8.26. The van der Waals surface area contributed by atoms with E-state index in [0.29, 0.717) is 32.0 Å². The predicted octanol–water partition coefficient (Wildman–Crippen LogP) is 4.74. The molecule has 0 radical (unpaired) electrons. The van der Waals surface area contributed by atoms with Crippen LogP contribution in [0.2, 0.25) is 0 Å². The van der Waals surface area contributed by atoms with Gasteiger partial charge in [-0.1, -0.05) is 49.3 Å². The highest BCUT2D eigenvalue weighted by atomic mass is 32.2. The zero-order valence-electron chi connectivity index (χ0n) is 18.2. The second kappa shape index (κ2) is 9.15. The van der Waals surface area contributed by atoms with E-state index in [2.05, 4.69) is 5.32 Å². The Morgan fingerprint density at radius 1 is 1.24 bits per heavy atom. The summed E-state index contributed by atoms with van der Waals surface area (Å²) < 4.78 is 7.35. The average Bonchev–Trinajstić information content (AvgIpc) is 3.42. The maximum Gasteiger partial charge on any atom is 0.267 e. The number of nitrogens with zero attached hydrogens (tertiary/aromatic N) is 3. The Balaban J connectivity index is 1.56. The van der Waals surface area contributed by atoms with Gasteiger partial charge in [0.15, 0.2) is 0 Å². The minimum absolute atomic E-state index is 0.210. The molecule has 0 atom stereocenters. The van der Waals surface area contributed by atoms with Gasteiger partial charge in [-0.3, -0.25) is 18.9 Å². The van der Waals surface area contributed by atoms with Crippen LogP contribution in [0.25, 0.3) is 11.7 Å². The molecule has 3 aromatic heterocycles. The quantitative estimate of drug-likeness (QED) is 0.417. The number of hydrogen-bond acceptors (Lipinski definition) is 7. The number of rotatable bonds is 5. The third kappa shape index (κ3) is 4.35. The van der Waals surface area contributed by atoms with Crippen molar-refractivity contribution in [3.05, 3.63) is 68.9 Å². The Morgan fingerprint density at radius 3 is 2.82 bits per heavy atom. The van der Waals surface area contributed by atoms with E-state index in [1.54, 1.807) is 30.7 Å². The van der Waals surface area contributed by atoms with E-state index in [0.717, 1.165) is 31.2 Å². The molecule has 2 fully saturated rings. The van der Waals surface area contributed by atoms with Crippen LogP contribution in [0, 0.1) is 6.92 Å². The number of amides is 1. The molecule has 170 valence electrons. The summed E-state index contributed by atoms with van der Waals surface area (Å²) in [6.45, 7) is 2.20. The van der Waals surface area contributed by atoms with Crippen LogP contribution in [-0.2, 0) is 11.3 Å². The Kier molecular flexibility index (Phi) is 6.07. The van der Waals surface area contributed by atoms with Crippen molar-refractivity contribution in [2.45, 2.75) is 51.6 Å². The summed E-state index contributed by atoms with van der Waals surface area (Å²) in [5.41, 5.74) is 1.70. The molecule has 1 saturated carbocycles. The highest BCUT2D eigenvalue weighted by Gasteiger charge is 2.33. The number of aromatic nitrogens is 2. The first-order valence-electron chi connectivity index (χ1n) is 11.1. The van der Waals surface area contributed by atoms with E-state index >= 15 is 0 Å². The third-order valence-corrected chi connectivity index (χ3v) is 7.45. The fourth-order valence-corrected chi connectivity index (χ4v) is 5.55. The molecule has 1 amide bonds. The third-order valence-electron chi connectivity index (χ3n) is 6.07. The van der Waals surface area contributed by atoms with Crippen molar-refractivity contribution in [3.63, 3.8) is 0 Å². The molecule has 1 aliphatic carbocycles. The van der Waals surface area contributed by atoms with Crippen LogP contribution in [0.5, 0.6) is 0 Å². The van der Waals surface area contributed by atoms with Gasteiger partial charge in [0.1, 0.15) is 21.5 Å². The lowest BCUT2D eigenvalue weighted by Gasteiger charge is -2.24. The summed E-state index contributed by atoms with van der Waals surface area (Å²) in [5, 5.41) is 3.51.